The number of anilines is 2. The van der Waals surface area contributed by atoms with Crippen molar-refractivity contribution < 1.29 is 4.79 Å². The number of para-hydroxylation sites is 1. The van der Waals surface area contributed by atoms with Crippen LogP contribution in [0.25, 0.3) is 0 Å². The van der Waals surface area contributed by atoms with Gasteiger partial charge in [-0.2, -0.15) is 0 Å². The molecule has 0 radical (unpaired) electrons. The highest BCUT2D eigenvalue weighted by atomic mass is 127. The molecule has 2 N–H and O–H groups in total. The van der Waals surface area contributed by atoms with Crippen LogP contribution >= 0.6 is 22.6 Å². The van der Waals surface area contributed by atoms with Crippen molar-refractivity contribution in [2.75, 3.05) is 17.2 Å². The average molecular weight is 381 g/mol. The van der Waals surface area contributed by atoms with Crippen LogP contribution in [0.5, 0.6) is 0 Å². The fourth-order valence-corrected chi connectivity index (χ4v) is 2.21. The van der Waals surface area contributed by atoms with Gasteiger partial charge in [-0.05, 0) is 53.3 Å². The van der Waals surface area contributed by atoms with E-state index in [4.69, 9.17) is 0 Å². The van der Waals surface area contributed by atoms with Crippen LogP contribution in [0, 0.1) is 3.57 Å². The van der Waals surface area contributed by atoms with Gasteiger partial charge in [-0.1, -0.05) is 19.1 Å². The molecule has 0 aliphatic carbocycles. The van der Waals surface area contributed by atoms with E-state index in [-0.39, 0.29) is 5.91 Å². The maximum absolute atomic E-state index is 12.2. The Hall–Kier alpha value is -1.63. The molecule has 0 aliphatic rings. The number of rotatable bonds is 5. The van der Waals surface area contributed by atoms with Crippen LogP contribution in [0.15, 0.2) is 42.6 Å². The summed E-state index contributed by atoms with van der Waals surface area (Å²) < 4.78 is 0.999. The third-order valence-electron chi connectivity index (χ3n) is 2.69. The third-order valence-corrected chi connectivity index (χ3v) is 3.63. The molecule has 20 heavy (non-hydrogen) atoms. The van der Waals surface area contributed by atoms with Gasteiger partial charge in [-0.3, -0.25) is 9.78 Å². The molecule has 1 aromatic carbocycles. The van der Waals surface area contributed by atoms with E-state index in [1.165, 1.54) is 0 Å². The Morgan fingerprint density at radius 1 is 1.30 bits per heavy atom. The van der Waals surface area contributed by atoms with Gasteiger partial charge in [0.2, 0.25) is 0 Å². The summed E-state index contributed by atoms with van der Waals surface area (Å²) in [6.45, 7) is 2.97. The Labute approximate surface area is 132 Å². The predicted octanol–water partition coefficient (Wildman–Crippen LogP) is 3.76. The maximum Gasteiger partial charge on any atom is 0.274 e. The number of carbonyl (C=O) groups is 1. The lowest BCUT2D eigenvalue weighted by molar-refractivity contribution is 0.102. The summed E-state index contributed by atoms with van der Waals surface area (Å²) in [5.74, 6) is -0.200. The van der Waals surface area contributed by atoms with Gasteiger partial charge in [0.15, 0.2) is 0 Å². The fourth-order valence-electron chi connectivity index (χ4n) is 1.68. The van der Waals surface area contributed by atoms with E-state index < -0.39 is 0 Å². The SMILES string of the molecule is CCCNc1ccnc(C(=O)Nc2ccccc2I)c1. The number of hydrogen-bond acceptors (Lipinski definition) is 3. The topological polar surface area (TPSA) is 54.0 Å². The van der Waals surface area contributed by atoms with Crippen molar-refractivity contribution in [2.24, 2.45) is 0 Å². The largest absolute Gasteiger partial charge is 0.385 e. The first kappa shape index (κ1) is 14.8. The molecule has 0 unspecified atom stereocenters. The average Bonchev–Trinajstić information content (AvgIpc) is 2.48. The third kappa shape index (κ3) is 3.93. The van der Waals surface area contributed by atoms with E-state index in [1.807, 2.05) is 30.3 Å². The van der Waals surface area contributed by atoms with Crippen molar-refractivity contribution in [3.63, 3.8) is 0 Å². The second-order valence-corrected chi connectivity index (χ2v) is 5.45. The smallest absolute Gasteiger partial charge is 0.274 e. The van der Waals surface area contributed by atoms with Gasteiger partial charge in [0.05, 0.1) is 5.69 Å². The van der Waals surface area contributed by atoms with Crippen LogP contribution in [0.1, 0.15) is 23.8 Å². The zero-order valence-corrected chi connectivity index (χ0v) is 13.3. The zero-order chi connectivity index (χ0) is 14.4. The van der Waals surface area contributed by atoms with Gasteiger partial charge in [-0.15, -0.1) is 0 Å². The van der Waals surface area contributed by atoms with Crippen molar-refractivity contribution in [1.82, 2.24) is 4.98 Å². The molecule has 0 fully saturated rings. The van der Waals surface area contributed by atoms with E-state index in [2.05, 4.69) is 45.1 Å². The quantitative estimate of drug-likeness (QED) is 0.776. The van der Waals surface area contributed by atoms with E-state index in [0.29, 0.717) is 5.69 Å². The van der Waals surface area contributed by atoms with E-state index in [9.17, 15) is 4.79 Å². The fraction of sp³-hybridized carbons (Fsp3) is 0.200. The second kappa shape index (κ2) is 7.23. The van der Waals surface area contributed by atoms with E-state index in [0.717, 1.165) is 27.9 Å². The van der Waals surface area contributed by atoms with E-state index in [1.54, 1.807) is 12.3 Å². The van der Waals surface area contributed by atoms with Crippen LogP contribution in [-0.2, 0) is 0 Å². The molecule has 0 atom stereocenters. The first-order chi connectivity index (χ1) is 9.70. The van der Waals surface area contributed by atoms with Crippen LogP contribution in [0.3, 0.4) is 0 Å². The number of nitrogens with zero attached hydrogens (tertiary/aromatic N) is 1. The number of aromatic nitrogens is 1. The predicted molar refractivity (Wildman–Crippen MR) is 90.1 cm³/mol. The first-order valence-corrected chi connectivity index (χ1v) is 7.54. The minimum Gasteiger partial charge on any atom is -0.385 e. The summed E-state index contributed by atoms with van der Waals surface area (Å²) in [5.41, 5.74) is 2.12. The van der Waals surface area contributed by atoms with Crippen LogP contribution < -0.4 is 10.6 Å². The molecule has 0 bridgehead atoms. The highest BCUT2D eigenvalue weighted by Crippen LogP contribution is 2.18. The van der Waals surface area contributed by atoms with Crippen molar-refractivity contribution in [3.8, 4) is 0 Å². The number of pyridine rings is 1. The van der Waals surface area contributed by atoms with Gasteiger partial charge < -0.3 is 10.6 Å². The standard InChI is InChI=1S/C15H16IN3O/c1-2-8-17-11-7-9-18-14(10-11)15(20)19-13-6-4-3-5-12(13)16/h3-7,9-10H,2,8H2,1H3,(H,17,18)(H,19,20). The minimum atomic E-state index is -0.200. The lowest BCUT2D eigenvalue weighted by atomic mass is 10.2. The molecule has 5 heteroatoms. The van der Waals surface area contributed by atoms with Gasteiger partial charge in [0.25, 0.3) is 5.91 Å². The molecule has 2 aromatic rings. The van der Waals surface area contributed by atoms with Gasteiger partial charge in [-0.25, -0.2) is 0 Å². The number of nitrogens with one attached hydrogen (secondary N) is 2. The molecular formula is C15H16IN3O. The molecule has 4 nitrogen and oxygen atoms in total. The zero-order valence-electron chi connectivity index (χ0n) is 11.2. The monoisotopic (exact) mass is 381 g/mol. The van der Waals surface area contributed by atoms with Gasteiger partial charge >= 0.3 is 0 Å². The highest BCUT2D eigenvalue weighted by Gasteiger charge is 2.09. The van der Waals surface area contributed by atoms with Crippen LogP contribution in [0.4, 0.5) is 11.4 Å². The summed E-state index contributed by atoms with van der Waals surface area (Å²) in [5, 5.41) is 6.12. The Morgan fingerprint density at radius 3 is 2.85 bits per heavy atom. The van der Waals surface area contributed by atoms with Crippen molar-refractivity contribution >= 4 is 39.9 Å². The second-order valence-electron chi connectivity index (χ2n) is 4.29. The maximum atomic E-state index is 12.2. The Morgan fingerprint density at radius 2 is 2.10 bits per heavy atom. The summed E-state index contributed by atoms with van der Waals surface area (Å²) >= 11 is 2.19. The summed E-state index contributed by atoms with van der Waals surface area (Å²) in [6, 6.07) is 11.3. The molecule has 0 saturated carbocycles. The molecule has 104 valence electrons. The highest BCUT2D eigenvalue weighted by molar-refractivity contribution is 14.1. The Kier molecular flexibility index (Phi) is 5.34. The Balaban J connectivity index is 2.11. The number of carbonyl (C=O) groups excluding carboxylic acids is 1. The number of amides is 1. The molecule has 0 aliphatic heterocycles. The lowest BCUT2D eigenvalue weighted by Crippen LogP contribution is -2.14. The van der Waals surface area contributed by atoms with E-state index >= 15 is 0 Å². The Bertz CT molecular complexity index is 601. The minimum absolute atomic E-state index is 0.200. The van der Waals surface area contributed by atoms with Gasteiger partial charge in [0, 0.05) is 22.0 Å². The molecular weight excluding hydrogens is 365 g/mol. The summed E-state index contributed by atoms with van der Waals surface area (Å²) in [4.78, 5) is 16.3. The van der Waals surface area contributed by atoms with Crippen molar-refractivity contribution in [2.45, 2.75) is 13.3 Å². The molecule has 1 aromatic heterocycles. The molecule has 2 rings (SSSR count). The van der Waals surface area contributed by atoms with Crippen molar-refractivity contribution in [1.29, 1.82) is 0 Å². The molecule has 1 heterocycles. The number of hydrogen-bond donors (Lipinski definition) is 2. The molecule has 0 saturated heterocycles. The summed E-state index contributed by atoms with van der Waals surface area (Å²) in [6.07, 6.45) is 2.68. The van der Waals surface area contributed by atoms with Crippen LogP contribution in [0.2, 0.25) is 0 Å². The number of halogens is 1. The molecule has 1 amide bonds. The van der Waals surface area contributed by atoms with Gasteiger partial charge in [0.1, 0.15) is 5.69 Å². The summed E-state index contributed by atoms with van der Waals surface area (Å²) in [7, 11) is 0. The molecule has 0 spiro atoms. The normalized spacial score (nSPS) is 10.1. The van der Waals surface area contributed by atoms with Crippen LogP contribution in [-0.4, -0.2) is 17.4 Å². The first-order valence-electron chi connectivity index (χ1n) is 6.46. The lowest BCUT2D eigenvalue weighted by Gasteiger charge is -2.08. The number of benzene rings is 1. The van der Waals surface area contributed by atoms with Crippen molar-refractivity contribution in [3.05, 3.63) is 51.9 Å².